The molecule has 4 heteroatoms. The van der Waals surface area contributed by atoms with Crippen molar-refractivity contribution >= 4 is 16.7 Å². The lowest BCUT2D eigenvalue weighted by Gasteiger charge is -2.09. The first kappa shape index (κ1) is 12.5. The molecule has 0 radical (unpaired) electrons. The van der Waals surface area contributed by atoms with Crippen molar-refractivity contribution in [2.75, 3.05) is 5.73 Å². The molecule has 3 aromatic rings. The molecule has 4 nitrogen and oxygen atoms in total. The minimum atomic E-state index is 0.0919. The van der Waals surface area contributed by atoms with E-state index in [1.165, 1.54) is 5.56 Å². The maximum absolute atomic E-state index is 10.2. The standard InChI is InChI=1S/C16H17N3O/c1-3-19-14-8-7-10(2)9-13(14)18-16(19)11-5-4-6-12(17)15(11)20/h4-9,20H,3,17H2,1-2H3. The molecule has 3 N–H and O–H groups in total. The molecule has 20 heavy (non-hydrogen) atoms. The lowest BCUT2D eigenvalue weighted by molar-refractivity contribution is 0.479. The summed E-state index contributed by atoms with van der Waals surface area (Å²) in [5.74, 6) is 0.840. The third-order valence-corrected chi connectivity index (χ3v) is 3.53. The van der Waals surface area contributed by atoms with Gasteiger partial charge in [-0.05, 0) is 43.7 Å². The van der Waals surface area contributed by atoms with Gasteiger partial charge in [0.25, 0.3) is 0 Å². The first-order valence-electron chi connectivity index (χ1n) is 6.66. The number of aryl methyl sites for hydroxylation is 2. The van der Waals surface area contributed by atoms with Crippen molar-refractivity contribution in [1.29, 1.82) is 0 Å². The minimum absolute atomic E-state index is 0.0919. The molecule has 1 aromatic heterocycles. The summed E-state index contributed by atoms with van der Waals surface area (Å²) in [6.45, 7) is 4.89. The summed E-state index contributed by atoms with van der Waals surface area (Å²) in [6, 6.07) is 11.5. The van der Waals surface area contributed by atoms with Gasteiger partial charge in [0.15, 0.2) is 0 Å². The largest absolute Gasteiger partial charge is 0.505 e. The molecule has 0 saturated heterocycles. The van der Waals surface area contributed by atoms with Crippen molar-refractivity contribution in [3.05, 3.63) is 42.0 Å². The van der Waals surface area contributed by atoms with Crippen molar-refractivity contribution in [3.63, 3.8) is 0 Å². The van der Waals surface area contributed by atoms with Crippen LogP contribution in [0.15, 0.2) is 36.4 Å². The maximum atomic E-state index is 10.2. The van der Waals surface area contributed by atoms with Gasteiger partial charge in [0, 0.05) is 6.54 Å². The number of anilines is 1. The van der Waals surface area contributed by atoms with Crippen LogP contribution >= 0.6 is 0 Å². The first-order valence-corrected chi connectivity index (χ1v) is 6.66. The van der Waals surface area contributed by atoms with Crippen LogP contribution in [0.25, 0.3) is 22.4 Å². The molecule has 0 unspecified atom stereocenters. The fourth-order valence-electron chi connectivity index (χ4n) is 2.51. The Balaban J connectivity index is 2.33. The third kappa shape index (κ3) is 1.81. The first-order chi connectivity index (χ1) is 9.61. The van der Waals surface area contributed by atoms with Gasteiger partial charge in [-0.3, -0.25) is 0 Å². The van der Waals surface area contributed by atoms with Gasteiger partial charge in [0.2, 0.25) is 0 Å². The van der Waals surface area contributed by atoms with Gasteiger partial charge in [-0.2, -0.15) is 0 Å². The third-order valence-electron chi connectivity index (χ3n) is 3.53. The molecule has 102 valence electrons. The van der Waals surface area contributed by atoms with Crippen LogP contribution in [0.1, 0.15) is 12.5 Å². The number of rotatable bonds is 2. The summed E-state index contributed by atoms with van der Waals surface area (Å²) in [7, 11) is 0. The fraction of sp³-hybridized carbons (Fsp3) is 0.188. The number of aromatic hydroxyl groups is 1. The summed E-state index contributed by atoms with van der Waals surface area (Å²) < 4.78 is 2.09. The molecular formula is C16H17N3O. The van der Waals surface area contributed by atoms with Crippen molar-refractivity contribution in [2.24, 2.45) is 0 Å². The number of nitrogen functional groups attached to an aromatic ring is 1. The number of nitrogens with zero attached hydrogens (tertiary/aromatic N) is 2. The van der Waals surface area contributed by atoms with Gasteiger partial charge in [-0.1, -0.05) is 12.1 Å². The predicted molar refractivity (Wildman–Crippen MR) is 81.7 cm³/mol. The van der Waals surface area contributed by atoms with Gasteiger partial charge >= 0.3 is 0 Å². The number of benzene rings is 2. The van der Waals surface area contributed by atoms with Crippen LogP contribution in [0.5, 0.6) is 5.75 Å². The van der Waals surface area contributed by atoms with Gasteiger partial charge < -0.3 is 15.4 Å². The number of phenolic OH excluding ortho intramolecular Hbond substituents is 1. The second kappa shape index (κ2) is 4.56. The van der Waals surface area contributed by atoms with Crippen molar-refractivity contribution in [3.8, 4) is 17.1 Å². The van der Waals surface area contributed by atoms with Crippen molar-refractivity contribution in [2.45, 2.75) is 20.4 Å². The number of imidazole rings is 1. The highest BCUT2D eigenvalue weighted by molar-refractivity contribution is 5.84. The lowest BCUT2D eigenvalue weighted by atomic mass is 10.1. The van der Waals surface area contributed by atoms with E-state index in [2.05, 4.69) is 28.6 Å². The van der Waals surface area contributed by atoms with E-state index in [-0.39, 0.29) is 5.75 Å². The molecule has 0 fully saturated rings. The molecule has 1 heterocycles. The van der Waals surface area contributed by atoms with Gasteiger partial charge in [-0.25, -0.2) is 4.98 Å². The molecule has 0 aliphatic carbocycles. The Hall–Kier alpha value is -2.49. The zero-order chi connectivity index (χ0) is 14.3. The van der Waals surface area contributed by atoms with Gasteiger partial charge in [-0.15, -0.1) is 0 Å². The number of hydrogen-bond donors (Lipinski definition) is 2. The molecule has 3 rings (SSSR count). The van der Waals surface area contributed by atoms with Crippen LogP contribution in [0.3, 0.4) is 0 Å². The summed E-state index contributed by atoms with van der Waals surface area (Å²) in [5.41, 5.74) is 9.98. The van der Waals surface area contributed by atoms with Crippen molar-refractivity contribution in [1.82, 2.24) is 9.55 Å². The Bertz CT molecular complexity index is 790. The zero-order valence-corrected chi connectivity index (χ0v) is 11.6. The van der Waals surface area contributed by atoms with E-state index in [0.29, 0.717) is 11.3 Å². The molecule has 0 aliphatic rings. The number of hydrogen-bond acceptors (Lipinski definition) is 3. The zero-order valence-electron chi connectivity index (χ0n) is 11.6. The number of aromatic nitrogens is 2. The highest BCUT2D eigenvalue weighted by Crippen LogP contribution is 2.35. The molecule has 0 bridgehead atoms. The van der Waals surface area contributed by atoms with E-state index in [4.69, 9.17) is 5.73 Å². The Kier molecular flexibility index (Phi) is 2.86. The Morgan fingerprint density at radius 1 is 1.25 bits per heavy atom. The Morgan fingerprint density at radius 3 is 2.80 bits per heavy atom. The van der Waals surface area contributed by atoms with Crippen LogP contribution in [-0.2, 0) is 6.54 Å². The topological polar surface area (TPSA) is 64.1 Å². The molecule has 2 aromatic carbocycles. The highest BCUT2D eigenvalue weighted by atomic mass is 16.3. The van der Waals surface area contributed by atoms with Crippen LogP contribution in [-0.4, -0.2) is 14.7 Å². The van der Waals surface area contributed by atoms with Gasteiger partial charge in [0.1, 0.15) is 11.6 Å². The number of para-hydroxylation sites is 1. The molecule has 0 saturated carbocycles. The number of fused-ring (bicyclic) bond motifs is 1. The second-order valence-electron chi connectivity index (χ2n) is 4.92. The summed E-state index contributed by atoms with van der Waals surface area (Å²) >= 11 is 0. The second-order valence-corrected chi connectivity index (χ2v) is 4.92. The highest BCUT2D eigenvalue weighted by Gasteiger charge is 2.15. The van der Waals surface area contributed by atoms with E-state index < -0.39 is 0 Å². The maximum Gasteiger partial charge on any atom is 0.149 e. The SMILES string of the molecule is CCn1c(-c2cccc(N)c2O)nc2cc(C)ccc21. The molecule has 0 atom stereocenters. The molecule has 0 spiro atoms. The van der Waals surface area contributed by atoms with E-state index in [1.807, 2.05) is 25.1 Å². The summed E-state index contributed by atoms with van der Waals surface area (Å²) in [4.78, 5) is 4.66. The summed E-state index contributed by atoms with van der Waals surface area (Å²) in [5, 5.41) is 10.2. The molecular weight excluding hydrogens is 250 g/mol. The minimum Gasteiger partial charge on any atom is -0.505 e. The van der Waals surface area contributed by atoms with Crippen LogP contribution in [0.2, 0.25) is 0 Å². The smallest absolute Gasteiger partial charge is 0.149 e. The predicted octanol–water partition coefficient (Wildman–Crippen LogP) is 3.32. The quantitative estimate of drug-likeness (QED) is 0.553. The molecule has 0 aliphatic heterocycles. The summed E-state index contributed by atoms with van der Waals surface area (Å²) in [6.07, 6.45) is 0. The van der Waals surface area contributed by atoms with E-state index in [0.717, 1.165) is 23.4 Å². The number of phenols is 1. The Labute approximate surface area is 117 Å². The monoisotopic (exact) mass is 267 g/mol. The lowest BCUT2D eigenvalue weighted by Crippen LogP contribution is -1.98. The van der Waals surface area contributed by atoms with Crippen LogP contribution in [0, 0.1) is 6.92 Å². The van der Waals surface area contributed by atoms with Crippen LogP contribution in [0.4, 0.5) is 5.69 Å². The van der Waals surface area contributed by atoms with Gasteiger partial charge in [0.05, 0.1) is 22.3 Å². The van der Waals surface area contributed by atoms with E-state index in [1.54, 1.807) is 6.07 Å². The van der Waals surface area contributed by atoms with E-state index in [9.17, 15) is 5.11 Å². The average Bonchev–Trinajstić information content (AvgIpc) is 2.79. The fourth-order valence-corrected chi connectivity index (χ4v) is 2.51. The van der Waals surface area contributed by atoms with Crippen LogP contribution < -0.4 is 5.73 Å². The average molecular weight is 267 g/mol. The van der Waals surface area contributed by atoms with E-state index >= 15 is 0 Å². The normalized spacial score (nSPS) is 11.1. The molecule has 0 amide bonds. The number of nitrogens with two attached hydrogens (primary N) is 1. The Morgan fingerprint density at radius 2 is 2.05 bits per heavy atom. The van der Waals surface area contributed by atoms with Crippen molar-refractivity contribution < 1.29 is 5.11 Å².